The molecular formula is C28H27N7O3S. The first-order valence-electron chi connectivity index (χ1n) is 12.4. The zero-order chi connectivity index (χ0) is 27.8. The Hall–Kier alpha value is -4.87. The lowest BCUT2D eigenvalue weighted by Crippen LogP contribution is -2.36. The van der Waals surface area contributed by atoms with Crippen LogP contribution in [0.25, 0.3) is 11.8 Å². The molecule has 3 aromatic rings. The molecule has 0 atom stereocenters. The standard InChI is InChI=1S/C28H27N7O3S/c1-2-35-27(38)24(39-28(35)22(16-30)26(37)31-13-12-29)17-32-20-9-5-10-21(15-20)33-25(36)18-34-14-6-8-19-7-3-4-11-23(19)34/h3-5,7,9-11,15,17,32H,2,6,8,13-14,18H2,1H3,(H,31,37)(H,33,36). The monoisotopic (exact) mass is 541 g/mol. The third kappa shape index (κ3) is 6.35. The van der Waals surface area contributed by atoms with Crippen LogP contribution >= 0.6 is 11.3 Å². The van der Waals surface area contributed by atoms with E-state index in [1.165, 1.54) is 16.3 Å². The van der Waals surface area contributed by atoms with Crippen molar-refractivity contribution in [3.8, 4) is 12.1 Å². The quantitative estimate of drug-likeness (QED) is 0.367. The maximum absolute atomic E-state index is 12.9. The number of thiazole rings is 1. The number of benzene rings is 2. The van der Waals surface area contributed by atoms with Gasteiger partial charge < -0.3 is 20.9 Å². The number of rotatable bonds is 8. The third-order valence-corrected chi connectivity index (χ3v) is 7.29. The van der Waals surface area contributed by atoms with Gasteiger partial charge in [-0.05, 0) is 49.6 Å². The number of carbonyl (C=O) groups excluding carboxylic acids is 2. The van der Waals surface area contributed by atoms with Crippen molar-refractivity contribution in [2.45, 2.75) is 26.3 Å². The molecule has 0 aliphatic carbocycles. The minimum Gasteiger partial charge on any atom is -0.362 e. The normalized spacial score (nSPS) is 13.5. The summed E-state index contributed by atoms with van der Waals surface area (Å²) in [6, 6.07) is 18.9. The van der Waals surface area contributed by atoms with Gasteiger partial charge in [-0.1, -0.05) is 24.3 Å². The lowest BCUT2D eigenvalue weighted by Gasteiger charge is -2.30. The van der Waals surface area contributed by atoms with Gasteiger partial charge in [-0.15, -0.1) is 11.3 Å². The van der Waals surface area contributed by atoms with E-state index in [-0.39, 0.29) is 41.3 Å². The van der Waals surface area contributed by atoms with Gasteiger partial charge in [0.1, 0.15) is 21.8 Å². The number of amides is 2. The number of aromatic nitrogens is 1. The summed E-state index contributed by atoms with van der Waals surface area (Å²) in [6.45, 7) is 2.83. The molecule has 2 heterocycles. The highest BCUT2D eigenvalue weighted by Crippen LogP contribution is 2.26. The first-order chi connectivity index (χ1) is 18.9. The molecule has 1 aliphatic rings. The Morgan fingerprint density at radius 3 is 2.69 bits per heavy atom. The van der Waals surface area contributed by atoms with Crippen molar-refractivity contribution in [2.24, 2.45) is 0 Å². The molecule has 0 unspecified atom stereocenters. The summed E-state index contributed by atoms with van der Waals surface area (Å²) in [4.78, 5) is 40.1. The van der Waals surface area contributed by atoms with Crippen molar-refractivity contribution in [1.82, 2.24) is 9.88 Å². The van der Waals surface area contributed by atoms with Crippen LogP contribution < -0.4 is 35.6 Å². The van der Waals surface area contributed by atoms with Crippen LogP contribution in [0.15, 0.2) is 53.3 Å². The molecule has 11 heteroatoms. The third-order valence-electron chi connectivity index (χ3n) is 6.16. The Kier molecular flexibility index (Phi) is 8.77. The summed E-state index contributed by atoms with van der Waals surface area (Å²) in [6.07, 6.45) is 3.52. The largest absolute Gasteiger partial charge is 0.362 e. The van der Waals surface area contributed by atoms with Crippen molar-refractivity contribution in [2.75, 3.05) is 35.2 Å². The molecule has 39 heavy (non-hydrogen) atoms. The van der Waals surface area contributed by atoms with Gasteiger partial charge in [-0.25, -0.2) is 0 Å². The maximum atomic E-state index is 12.9. The van der Waals surface area contributed by atoms with Crippen LogP contribution in [-0.4, -0.2) is 36.0 Å². The predicted octanol–water partition coefficient (Wildman–Crippen LogP) is 1.49. The van der Waals surface area contributed by atoms with Gasteiger partial charge in [0.05, 0.1) is 12.6 Å². The van der Waals surface area contributed by atoms with E-state index in [0.29, 0.717) is 15.9 Å². The lowest BCUT2D eigenvalue weighted by atomic mass is 10.0. The van der Waals surface area contributed by atoms with E-state index >= 15 is 0 Å². The summed E-state index contributed by atoms with van der Waals surface area (Å²) in [7, 11) is 0. The maximum Gasteiger partial charge on any atom is 0.270 e. The molecule has 0 spiro atoms. The van der Waals surface area contributed by atoms with Crippen LogP contribution in [0, 0.1) is 22.7 Å². The van der Waals surface area contributed by atoms with E-state index in [2.05, 4.69) is 26.9 Å². The predicted molar refractivity (Wildman–Crippen MR) is 151 cm³/mol. The molecule has 198 valence electrons. The first-order valence-corrected chi connectivity index (χ1v) is 13.3. The van der Waals surface area contributed by atoms with Gasteiger partial charge in [0, 0.05) is 36.4 Å². The summed E-state index contributed by atoms with van der Waals surface area (Å²) < 4.78 is 1.86. The number of nitrogens with one attached hydrogen (secondary N) is 3. The van der Waals surface area contributed by atoms with Crippen LogP contribution in [-0.2, 0) is 22.6 Å². The molecule has 2 aromatic carbocycles. The molecule has 0 saturated carbocycles. The van der Waals surface area contributed by atoms with E-state index in [1.54, 1.807) is 37.3 Å². The van der Waals surface area contributed by atoms with Crippen LogP contribution in [0.3, 0.4) is 0 Å². The van der Waals surface area contributed by atoms with Gasteiger partial charge in [0.15, 0.2) is 5.57 Å². The van der Waals surface area contributed by atoms with Crippen LogP contribution in [0.1, 0.15) is 18.9 Å². The summed E-state index contributed by atoms with van der Waals surface area (Å²) >= 11 is 1.01. The second-order valence-corrected chi connectivity index (χ2v) is 9.75. The van der Waals surface area contributed by atoms with Gasteiger partial charge >= 0.3 is 0 Å². The number of hydrogen-bond acceptors (Lipinski definition) is 8. The number of hydrogen-bond donors (Lipinski definition) is 3. The van der Waals surface area contributed by atoms with E-state index in [1.807, 2.05) is 24.3 Å². The van der Waals surface area contributed by atoms with E-state index in [0.717, 1.165) is 36.4 Å². The zero-order valence-electron chi connectivity index (χ0n) is 21.4. The number of anilines is 3. The van der Waals surface area contributed by atoms with Crippen molar-refractivity contribution >= 4 is 52.0 Å². The van der Waals surface area contributed by atoms with Crippen molar-refractivity contribution < 1.29 is 9.59 Å². The molecule has 0 fully saturated rings. The Morgan fingerprint density at radius 1 is 1.13 bits per heavy atom. The highest BCUT2D eigenvalue weighted by atomic mass is 32.1. The van der Waals surface area contributed by atoms with Gasteiger partial charge in [0.2, 0.25) is 5.91 Å². The lowest BCUT2D eigenvalue weighted by molar-refractivity contribution is -0.116. The number of para-hydroxylation sites is 1. The second-order valence-electron chi connectivity index (χ2n) is 8.72. The molecular weight excluding hydrogens is 514 g/mol. The average Bonchev–Trinajstić information content (AvgIpc) is 3.26. The summed E-state index contributed by atoms with van der Waals surface area (Å²) in [5, 5.41) is 26.6. The Morgan fingerprint density at radius 2 is 1.92 bits per heavy atom. The van der Waals surface area contributed by atoms with Gasteiger partial charge in [0.25, 0.3) is 11.5 Å². The van der Waals surface area contributed by atoms with E-state index < -0.39 is 5.91 Å². The highest BCUT2D eigenvalue weighted by Gasteiger charge is 2.19. The van der Waals surface area contributed by atoms with Crippen molar-refractivity contribution in [3.05, 3.63) is 73.6 Å². The number of fused-ring (bicyclic) bond motifs is 1. The Balaban J connectivity index is 1.51. The number of nitrogens with zero attached hydrogens (tertiary/aromatic N) is 4. The van der Waals surface area contributed by atoms with Gasteiger partial charge in [-0.3, -0.25) is 19.0 Å². The SMILES string of the molecule is CCn1c(=C(C#N)C(=O)NCC#N)sc(=CNc2cccc(NC(=O)CN3CCCc4ccccc43)c2)c1=O. The molecule has 0 saturated heterocycles. The fraction of sp³-hybridized carbons (Fsp3) is 0.250. The number of nitriles is 2. The number of aryl methyl sites for hydroxylation is 1. The molecule has 1 aromatic heterocycles. The minimum atomic E-state index is -0.710. The molecule has 0 bridgehead atoms. The van der Waals surface area contributed by atoms with E-state index in [4.69, 9.17) is 5.26 Å². The smallest absolute Gasteiger partial charge is 0.270 e. The van der Waals surface area contributed by atoms with Crippen molar-refractivity contribution in [3.63, 3.8) is 0 Å². The average molecular weight is 542 g/mol. The fourth-order valence-electron chi connectivity index (χ4n) is 4.38. The minimum absolute atomic E-state index is 0.129. The fourth-order valence-corrected chi connectivity index (χ4v) is 5.47. The van der Waals surface area contributed by atoms with Crippen LogP contribution in [0.2, 0.25) is 0 Å². The van der Waals surface area contributed by atoms with Crippen LogP contribution in [0.5, 0.6) is 0 Å². The second kappa shape index (κ2) is 12.6. The first kappa shape index (κ1) is 27.2. The molecule has 10 nitrogen and oxygen atoms in total. The molecule has 1 aliphatic heterocycles. The molecule has 2 amide bonds. The van der Waals surface area contributed by atoms with Gasteiger partial charge in [-0.2, -0.15) is 10.5 Å². The molecule has 3 N–H and O–H groups in total. The Labute approximate surface area is 229 Å². The zero-order valence-corrected chi connectivity index (χ0v) is 22.2. The number of carbonyl (C=O) groups is 2. The van der Waals surface area contributed by atoms with Crippen molar-refractivity contribution in [1.29, 1.82) is 10.5 Å². The summed E-state index contributed by atoms with van der Waals surface area (Å²) in [5.74, 6) is -0.839. The molecule has 4 rings (SSSR count). The molecule has 0 radical (unpaired) electrons. The van der Waals surface area contributed by atoms with E-state index in [9.17, 15) is 19.6 Å². The highest BCUT2D eigenvalue weighted by molar-refractivity contribution is 7.07. The summed E-state index contributed by atoms with van der Waals surface area (Å²) in [5.41, 5.74) is 3.02. The topological polar surface area (TPSA) is 143 Å². The van der Waals surface area contributed by atoms with Crippen LogP contribution in [0.4, 0.5) is 17.1 Å². The Bertz CT molecular complexity index is 1660.